The Morgan fingerprint density at radius 2 is 2.13 bits per heavy atom. The molecule has 0 aliphatic carbocycles. The van der Waals surface area contributed by atoms with Gasteiger partial charge in [-0.2, -0.15) is 18.2 Å². The maximum Gasteiger partial charge on any atom is 0.471 e. The molecule has 0 N–H and O–H groups in total. The zero-order chi connectivity index (χ0) is 11.1. The third-order valence-corrected chi connectivity index (χ3v) is 2.42. The van der Waals surface area contributed by atoms with Crippen LogP contribution in [-0.4, -0.2) is 15.1 Å². The molecule has 0 bridgehead atoms. The van der Waals surface area contributed by atoms with Gasteiger partial charge in [0, 0.05) is 6.20 Å². The van der Waals surface area contributed by atoms with Crippen LogP contribution in [0.2, 0.25) is 0 Å². The van der Waals surface area contributed by atoms with Gasteiger partial charge in [0.25, 0.3) is 0 Å². The Bertz CT molecular complexity index is 476. The predicted octanol–water partition coefficient (Wildman–Crippen LogP) is 2.52. The van der Waals surface area contributed by atoms with Crippen LogP contribution in [-0.2, 0) is 6.18 Å². The molecule has 0 amide bonds. The van der Waals surface area contributed by atoms with Crippen LogP contribution in [0.3, 0.4) is 0 Å². The molecule has 0 spiro atoms. The first-order chi connectivity index (χ1) is 6.97. The maximum atomic E-state index is 12.1. The minimum absolute atomic E-state index is 0.0899. The molecule has 8 heteroatoms. The van der Waals surface area contributed by atoms with Crippen molar-refractivity contribution in [3.8, 4) is 10.7 Å². The molecule has 0 aliphatic rings. The fraction of sp³-hybridized carbons (Fsp3) is 0.286. The van der Waals surface area contributed by atoms with E-state index in [4.69, 9.17) is 0 Å². The highest BCUT2D eigenvalue weighted by Crippen LogP contribution is 2.30. The van der Waals surface area contributed by atoms with E-state index in [0.717, 1.165) is 5.01 Å². The van der Waals surface area contributed by atoms with Gasteiger partial charge in [-0.25, -0.2) is 4.98 Å². The molecule has 0 radical (unpaired) electrons. The zero-order valence-electron chi connectivity index (χ0n) is 7.37. The van der Waals surface area contributed by atoms with E-state index in [2.05, 4.69) is 19.6 Å². The minimum atomic E-state index is -4.61. The molecule has 80 valence electrons. The van der Waals surface area contributed by atoms with E-state index >= 15 is 0 Å². The Balaban J connectivity index is 2.36. The summed E-state index contributed by atoms with van der Waals surface area (Å²) in [4.78, 5) is 7.56. The normalized spacial score (nSPS) is 12.0. The molecular formula is C7H4F3N3OS. The van der Waals surface area contributed by atoms with Gasteiger partial charge in [-0.1, -0.05) is 5.16 Å². The van der Waals surface area contributed by atoms with Crippen LogP contribution in [0.25, 0.3) is 10.7 Å². The third-order valence-electron chi connectivity index (χ3n) is 1.51. The van der Waals surface area contributed by atoms with Crippen molar-refractivity contribution >= 4 is 11.3 Å². The minimum Gasteiger partial charge on any atom is -0.329 e. The summed E-state index contributed by atoms with van der Waals surface area (Å²) in [6.45, 7) is 1.74. The molecule has 4 nitrogen and oxygen atoms in total. The summed E-state index contributed by atoms with van der Waals surface area (Å²) in [5.41, 5.74) is 0. The maximum absolute atomic E-state index is 12.1. The largest absolute Gasteiger partial charge is 0.471 e. The van der Waals surface area contributed by atoms with E-state index in [9.17, 15) is 13.2 Å². The molecule has 0 aromatic carbocycles. The van der Waals surface area contributed by atoms with Crippen molar-refractivity contribution in [2.24, 2.45) is 0 Å². The number of halogens is 3. The van der Waals surface area contributed by atoms with Gasteiger partial charge in [-0.15, -0.1) is 11.3 Å². The van der Waals surface area contributed by atoms with E-state index in [0.29, 0.717) is 4.88 Å². The van der Waals surface area contributed by atoms with Crippen LogP contribution in [0.4, 0.5) is 13.2 Å². The van der Waals surface area contributed by atoms with Crippen molar-refractivity contribution in [3.05, 3.63) is 17.1 Å². The Morgan fingerprint density at radius 1 is 1.40 bits per heavy atom. The molecule has 0 aliphatic heterocycles. The summed E-state index contributed by atoms with van der Waals surface area (Å²) < 4.78 is 40.4. The molecule has 2 aromatic heterocycles. The van der Waals surface area contributed by atoms with E-state index in [1.807, 2.05) is 0 Å². The van der Waals surface area contributed by atoms with Gasteiger partial charge >= 0.3 is 12.1 Å². The van der Waals surface area contributed by atoms with Crippen molar-refractivity contribution in [3.63, 3.8) is 0 Å². The topological polar surface area (TPSA) is 51.8 Å². The first-order valence-electron chi connectivity index (χ1n) is 3.80. The summed E-state index contributed by atoms with van der Waals surface area (Å²) in [7, 11) is 0. The fourth-order valence-electron chi connectivity index (χ4n) is 0.903. The Labute approximate surface area is 85.8 Å². The van der Waals surface area contributed by atoms with Gasteiger partial charge in [0.1, 0.15) is 0 Å². The van der Waals surface area contributed by atoms with Crippen molar-refractivity contribution in [2.75, 3.05) is 0 Å². The first-order valence-corrected chi connectivity index (χ1v) is 4.62. The molecule has 2 aromatic rings. The number of hydrogen-bond acceptors (Lipinski definition) is 5. The number of nitrogens with zero attached hydrogens (tertiary/aromatic N) is 3. The molecular weight excluding hydrogens is 231 g/mol. The lowest BCUT2D eigenvalue weighted by atomic mass is 10.5. The smallest absolute Gasteiger partial charge is 0.329 e. The highest BCUT2D eigenvalue weighted by Gasteiger charge is 2.38. The molecule has 0 saturated carbocycles. The Morgan fingerprint density at radius 3 is 2.60 bits per heavy atom. The Kier molecular flexibility index (Phi) is 2.22. The fourth-order valence-corrected chi connectivity index (χ4v) is 1.61. The number of aromatic nitrogens is 3. The number of alkyl halides is 3. The van der Waals surface area contributed by atoms with Crippen molar-refractivity contribution in [1.82, 2.24) is 15.1 Å². The average Bonchev–Trinajstić information content (AvgIpc) is 2.69. The van der Waals surface area contributed by atoms with E-state index in [1.54, 1.807) is 6.92 Å². The second kappa shape index (κ2) is 3.30. The van der Waals surface area contributed by atoms with Gasteiger partial charge < -0.3 is 4.52 Å². The van der Waals surface area contributed by atoms with Gasteiger partial charge in [0.05, 0.1) is 9.88 Å². The van der Waals surface area contributed by atoms with Gasteiger partial charge in [-0.05, 0) is 6.92 Å². The lowest BCUT2D eigenvalue weighted by Crippen LogP contribution is -2.04. The monoisotopic (exact) mass is 235 g/mol. The zero-order valence-corrected chi connectivity index (χ0v) is 8.19. The van der Waals surface area contributed by atoms with Gasteiger partial charge in [-0.3, -0.25) is 0 Å². The third kappa shape index (κ3) is 1.99. The standard InChI is InChI=1S/C7H4F3N3OS/c1-3-11-2-4(15-3)5-12-6(14-13-5)7(8,9)10/h2H,1H3. The number of thiazole rings is 1. The SMILES string of the molecule is Cc1ncc(-c2noc(C(F)(F)F)n2)s1. The summed E-state index contributed by atoms with van der Waals surface area (Å²) in [6.07, 6.45) is -3.20. The number of rotatable bonds is 1. The van der Waals surface area contributed by atoms with E-state index in [-0.39, 0.29) is 5.82 Å². The Hall–Kier alpha value is -1.44. The van der Waals surface area contributed by atoms with Gasteiger partial charge in [0.2, 0.25) is 5.82 Å². The second-order valence-corrected chi connectivity index (χ2v) is 3.90. The summed E-state index contributed by atoms with van der Waals surface area (Å²) in [5.74, 6) is -1.43. The number of aryl methyl sites for hydroxylation is 1. The molecule has 2 heterocycles. The molecule has 2 rings (SSSR count). The highest BCUT2D eigenvalue weighted by atomic mass is 32.1. The molecule has 0 unspecified atom stereocenters. The molecule has 0 saturated heterocycles. The van der Waals surface area contributed by atoms with Crippen molar-refractivity contribution < 1.29 is 17.7 Å². The first kappa shape index (κ1) is 10.1. The van der Waals surface area contributed by atoms with Crippen LogP contribution in [0, 0.1) is 6.92 Å². The lowest BCUT2D eigenvalue weighted by molar-refractivity contribution is -0.159. The second-order valence-electron chi connectivity index (χ2n) is 2.66. The molecule has 0 atom stereocenters. The van der Waals surface area contributed by atoms with Crippen LogP contribution >= 0.6 is 11.3 Å². The molecule has 0 fully saturated rings. The quantitative estimate of drug-likeness (QED) is 0.762. The lowest BCUT2D eigenvalue weighted by Gasteiger charge is -1.95. The number of hydrogen-bond donors (Lipinski definition) is 0. The summed E-state index contributed by atoms with van der Waals surface area (Å²) in [6, 6.07) is 0. The van der Waals surface area contributed by atoms with E-state index < -0.39 is 12.1 Å². The van der Waals surface area contributed by atoms with Crippen LogP contribution in [0.15, 0.2) is 10.7 Å². The molecule has 15 heavy (non-hydrogen) atoms. The van der Waals surface area contributed by atoms with Crippen LogP contribution in [0.1, 0.15) is 10.9 Å². The summed E-state index contributed by atoms with van der Waals surface area (Å²) >= 11 is 1.20. The van der Waals surface area contributed by atoms with Crippen molar-refractivity contribution in [2.45, 2.75) is 13.1 Å². The average molecular weight is 235 g/mol. The highest BCUT2D eigenvalue weighted by molar-refractivity contribution is 7.14. The van der Waals surface area contributed by atoms with Crippen LogP contribution in [0.5, 0.6) is 0 Å². The van der Waals surface area contributed by atoms with Crippen LogP contribution < -0.4 is 0 Å². The summed E-state index contributed by atoms with van der Waals surface area (Å²) in [5, 5.41) is 3.96. The van der Waals surface area contributed by atoms with Gasteiger partial charge in [0.15, 0.2) is 0 Å². The van der Waals surface area contributed by atoms with Crippen molar-refractivity contribution in [1.29, 1.82) is 0 Å². The van der Waals surface area contributed by atoms with E-state index in [1.165, 1.54) is 17.5 Å². The predicted molar refractivity (Wildman–Crippen MR) is 45.1 cm³/mol.